The minimum Gasteiger partial charge on any atom is -0.399 e. The third kappa shape index (κ3) is 3.12. The van der Waals surface area contributed by atoms with Crippen LogP contribution in [-0.4, -0.2) is 19.2 Å². The second kappa shape index (κ2) is 6.92. The summed E-state index contributed by atoms with van der Waals surface area (Å²) in [5.74, 6) is 0.541. The molecule has 0 saturated heterocycles. The smallest absolute Gasteiger partial charge is 0.178 e. The monoisotopic (exact) mass is 409 g/mol. The van der Waals surface area contributed by atoms with E-state index in [2.05, 4.69) is 4.98 Å². The maximum absolute atomic E-state index is 12.1. The largest absolute Gasteiger partial charge is 0.399 e. The standard InChI is InChI=1S/C21H19N3O2S2/c1-2-28(25,26)16-9-5-13(6-10-16)18-19(14-3-7-15(22)8-4-14)24-21(23)17-11-12-27-20(17)18/h3-12H,2,22H2,1H3,(H2,23,24). The Bertz CT molecular complexity index is 1260. The fourth-order valence-electron chi connectivity index (χ4n) is 3.16. The van der Waals surface area contributed by atoms with Gasteiger partial charge in [-0.2, -0.15) is 0 Å². The quantitative estimate of drug-likeness (QED) is 0.480. The van der Waals surface area contributed by atoms with Gasteiger partial charge in [-0.05, 0) is 41.3 Å². The number of hydrogen-bond acceptors (Lipinski definition) is 6. The molecular formula is C21H19N3O2S2. The average molecular weight is 410 g/mol. The van der Waals surface area contributed by atoms with Gasteiger partial charge in [0.25, 0.3) is 0 Å². The fourth-order valence-corrected chi connectivity index (χ4v) is 5.02. The van der Waals surface area contributed by atoms with E-state index in [1.54, 1.807) is 30.4 Å². The van der Waals surface area contributed by atoms with Gasteiger partial charge in [-0.3, -0.25) is 0 Å². The maximum Gasteiger partial charge on any atom is 0.178 e. The molecule has 142 valence electrons. The van der Waals surface area contributed by atoms with E-state index in [1.165, 1.54) is 0 Å². The Hall–Kier alpha value is -2.90. The van der Waals surface area contributed by atoms with Gasteiger partial charge in [-0.15, -0.1) is 11.3 Å². The summed E-state index contributed by atoms with van der Waals surface area (Å²) in [6, 6.07) is 16.4. The molecule has 0 atom stereocenters. The highest BCUT2D eigenvalue weighted by atomic mass is 32.2. The summed E-state index contributed by atoms with van der Waals surface area (Å²) in [4.78, 5) is 4.98. The number of fused-ring (bicyclic) bond motifs is 1. The maximum atomic E-state index is 12.1. The van der Waals surface area contributed by atoms with E-state index >= 15 is 0 Å². The van der Waals surface area contributed by atoms with Gasteiger partial charge in [0.05, 0.1) is 16.3 Å². The molecule has 0 radical (unpaired) electrons. The first-order chi connectivity index (χ1) is 13.4. The van der Waals surface area contributed by atoms with Crippen molar-refractivity contribution in [2.24, 2.45) is 0 Å². The number of nitrogen functional groups attached to an aromatic ring is 2. The number of anilines is 2. The summed E-state index contributed by atoms with van der Waals surface area (Å²) in [5, 5.41) is 2.87. The Morgan fingerprint density at radius 2 is 1.57 bits per heavy atom. The molecule has 0 fully saturated rings. The van der Waals surface area contributed by atoms with Crippen molar-refractivity contribution in [3.8, 4) is 22.4 Å². The average Bonchev–Trinajstić information content (AvgIpc) is 3.19. The van der Waals surface area contributed by atoms with E-state index in [4.69, 9.17) is 11.5 Å². The molecule has 2 heterocycles. The summed E-state index contributed by atoms with van der Waals surface area (Å²) >= 11 is 1.59. The van der Waals surface area contributed by atoms with Crippen molar-refractivity contribution in [1.82, 2.24) is 4.98 Å². The normalized spacial score (nSPS) is 11.8. The molecule has 28 heavy (non-hydrogen) atoms. The van der Waals surface area contributed by atoms with Gasteiger partial charge in [0, 0.05) is 26.9 Å². The zero-order chi connectivity index (χ0) is 19.9. The van der Waals surface area contributed by atoms with Crippen LogP contribution in [0.15, 0.2) is 64.9 Å². The Morgan fingerprint density at radius 3 is 2.21 bits per heavy atom. The van der Waals surface area contributed by atoms with Crippen molar-refractivity contribution in [2.45, 2.75) is 11.8 Å². The zero-order valence-corrected chi connectivity index (χ0v) is 16.8. The number of nitrogens with zero attached hydrogens (tertiary/aromatic N) is 1. The van der Waals surface area contributed by atoms with Crippen molar-refractivity contribution < 1.29 is 8.42 Å². The van der Waals surface area contributed by atoms with Gasteiger partial charge in [-0.1, -0.05) is 31.2 Å². The Morgan fingerprint density at radius 1 is 0.929 bits per heavy atom. The predicted molar refractivity (Wildman–Crippen MR) is 117 cm³/mol. The molecule has 0 spiro atoms. The van der Waals surface area contributed by atoms with Gasteiger partial charge in [0.1, 0.15) is 5.82 Å². The van der Waals surface area contributed by atoms with E-state index in [0.717, 1.165) is 32.5 Å². The van der Waals surface area contributed by atoms with E-state index in [-0.39, 0.29) is 5.75 Å². The molecule has 4 aromatic rings. The number of thiophene rings is 1. The minimum absolute atomic E-state index is 0.0711. The van der Waals surface area contributed by atoms with Crippen molar-refractivity contribution in [3.05, 3.63) is 60.0 Å². The lowest BCUT2D eigenvalue weighted by Gasteiger charge is -2.13. The summed E-state index contributed by atoms with van der Waals surface area (Å²) in [5.41, 5.74) is 16.2. The molecule has 4 rings (SSSR count). The van der Waals surface area contributed by atoms with Crippen LogP contribution in [0.1, 0.15) is 6.92 Å². The fraction of sp³-hybridized carbons (Fsp3) is 0.0952. The van der Waals surface area contributed by atoms with Crippen LogP contribution in [0.25, 0.3) is 32.5 Å². The molecule has 0 aliphatic carbocycles. The third-order valence-electron chi connectivity index (χ3n) is 4.70. The molecule has 2 aromatic carbocycles. The Balaban J connectivity index is 1.97. The van der Waals surface area contributed by atoms with E-state index in [9.17, 15) is 8.42 Å². The Labute approximate surface area is 167 Å². The summed E-state index contributed by atoms with van der Waals surface area (Å²) in [6.45, 7) is 1.64. The van der Waals surface area contributed by atoms with Crippen LogP contribution >= 0.6 is 11.3 Å². The topological polar surface area (TPSA) is 99.1 Å². The van der Waals surface area contributed by atoms with Gasteiger partial charge < -0.3 is 11.5 Å². The molecule has 0 unspecified atom stereocenters. The van der Waals surface area contributed by atoms with Crippen molar-refractivity contribution in [1.29, 1.82) is 0 Å². The summed E-state index contributed by atoms with van der Waals surface area (Å²) in [7, 11) is -3.25. The number of rotatable bonds is 4. The lowest BCUT2D eigenvalue weighted by Crippen LogP contribution is -2.03. The van der Waals surface area contributed by atoms with Crippen molar-refractivity contribution in [2.75, 3.05) is 17.2 Å². The van der Waals surface area contributed by atoms with Crippen molar-refractivity contribution >= 4 is 42.8 Å². The highest BCUT2D eigenvalue weighted by Crippen LogP contribution is 2.41. The first-order valence-electron chi connectivity index (χ1n) is 8.76. The van der Waals surface area contributed by atoms with Gasteiger partial charge in [0.15, 0.2) is 9.84 Å². The van der Waals surface area contributed by atoms with Crippen LogP contribution in [0, 0.1) is 0 Å². The molecule has 5 nitrogen and oxygen atoms in total. The molecule has 2 aromatic heterocycles. The molecule has 0 aliphatic rings. The number of pyridine rings is 1. The minimum atomic E-state index is -3.25. The highest BCUT2D eigenvalue weighted by molar-refractivity contribution is 7.91. The molecular weight excluding hydrogens is 390 g/mol. The summed E-state index contributed by atoms with van der Waals surface area (Å²) in [6.07, 6.45) is 0. The molecule has 4 N–H and O–H groups in total. The predicted octanol–water partition coefficient (Wildman–Crippen LogP) is 4.59. The number of hydrogen-bond donors (Lipinski definition) is 2. The van der Waals surface area contributed by atoms with Crippen LogP contribution in [0.4, 0.5) is 11.5 Å². The lowest BCUT2D eigenvalue weighted by molar-refractivity contribution is 0.597. The first-order valence-corrected chi connectivity index (χ1v) is 11.3. The van der Waals surface area contributed by atoms with Crippen LogP contribution in [-0.2, 0) is 9.84 Å². The van der Waals surface area contributed by atoms with Crippen LogP contribution < -0.4 is 11.5 Å². The SMILES string of the molecule is CCS(=O)(=O)c1ccc(-c2c(-c3ccc(N)cc3)nc(N)c3ccsc23)cc1. The van der Waals surface area contributed by atoms with E-state index < -0.39 is 9.84 Å². The third-order valence-corrected chi connectivity index (χ3v) is 7.39. The van der Waals surface area contributed by atoms with Crippen LogP contribution in [0.2, 0.25) is 0 Å². The number of aromatic nitrogens is 1. The number of nitrogens with two attached hydrogens (primary N) is 2. The lowest BCUT2D eigenvalue weighted by atomic mass is 9.98. The second-order valence-electron chi connectivity index (χ2n) is 6.43. The van der Waals surface area contributed by atoms with Crippen LogP contribution in [0.3, 0.4) is 0 Å². The number of benzene rings is 2. The second-order valence-corrected chi connectivity index (χ2v) is 9.63. The van der Waals surface area contributed by atoms with Gasteiger partial charge in [-0.25, -0.2) is 13.4 Å². The van der Waals surface area contributed by atoms with Gasteiger partial charge in [0.2, 0.25) is 0 Å². The van der Waals surface area contributed by atoms with Gasteiger partial charge >= 0.3 is 0 Å². The highest BCUT2D eigenvalue weighted by Gasteiger charge is 2.18. The van der Waals surface area contributed by atoms with E-state index in [1.807, 2.05) is 47.8 Å². The first kappa shape index (κ1) is 18.5. The Kier molecular flexibility index (Phi) is 4.56. The summed E-state index contributed by atoms with van der Waals surface area (Å²) < 4.78 is 25.3. The molecule has 0 amide bonds. The van der Waals surface area contributed by atoms with E-state index in [0.29, 0.717) is 16.4 Å². The molecule has 7 heteroatoms. The van der Waals surface area contributed by atoms with Crippen molar-refractivity contribution in [3.63, 3.8) is 0 Å². The zero-order valence-electron chi connectivity index (χ0n) is 15.2. The molecule has 0 bridgehead atoms. The molecule has 0 saturated carbocycles. The van der Waals surface area contributed by atoms with Crippen LogP contribution in [0.5, 0.6) is 0 Å². The molecule has 0 aliphatic heterocycles. The number of sulfone groups is 1.